The third kappa shape index (κ3) is 3.17. The highest BCUT2D eigenvalue weighted by Crippen LogP contribution is 2.57. The first kappa shape index (κ1) is 20.1. The summed E-state index contributed by atoms with van der Waals surface area (Å²) in [4.78, 5) is 35.8. The van der Waals surface area contributed by atoms with Crippen LogP contribution < -0.4 is 11.3 Å². The summed E-state index contributed by atoms with van der Waals surface area (Å²) in [6.45, 7) is 3.55. The van der Waals surface area contributed by atoms with Crippen LogP contribution in [0.2, 0.25) is 0 Å². The summed E-state index contributed by atoms with van der Waals surface area (Å²) in [5.41, 5.74) is 6.48. The molecule has 0 aliphatic heterocycles. The molecule has 3 saturated carbocycles. The number of aryl methyl sites for hydroxylation is 1. The van der Waals surface area contributed by atoms with E-state index in [0.717, 1.165) is 35.1 Å². The summed E-state index contributed by atoms with van der Waals surface area (Å²) in [7, 11) is 1.80. The predicted octanol–water partition coefficient (Wildman–Crippen LogP) is 3.43. The molecule has 8 heteroatoms. The van der Waals surface area contributed by atoms with Crippen molar-refractivity contribution in [1.29, 1.82) is 0 Å². The Bertz CT molecular complexity index is 1080. The third-order valence-corrected chi connectivity index (χ3v) is 7.31. The number of carbonyl (C=O) groups excluding carboxylic acids is 1. The molecular weight excluding hydrogens is 436 g/mol. The number of halogens is 1. The molecule has 3 aliphatic rings. The maximum absolute atomic E-state index is 13.1. The summed E-state index contributed by atoms with van der Waals surface area (Å²) < 4.78 is 2.54. The Morgan fingerprint density at radius 2 is 1.86 bits per heavy atom. The van der Waals surface area contributed by atoms with Crippen LogP contribution in [-0.2, 0) is 22.1 Å². The van der Waals surface area contributed by atoms with Gasteiger partial charge in [-0.2, -0.15) is 0 Å². The molecule has 29 heavy (non-hydrogen) atoms. The summed E-state index contributed by atoms with van der Waals surface area (Å²) in [6.07, 6.45) is 4.49. The van der Waals surface area contributed by atoms with Gasteiger partial charge in [0.05, 0.1) is 16.3 Å². The first-order valence-corrected chi connectivity index (χ1v) is 10.7. The Labute approximate surface area is 177 Å². The van der Waals surface area contributed by atoms with Gasteiger partial charge in [-0.3, -0.25) is 9.36 Å². The lowest BCUT2D eigenvalue weighted by atomic mass is 9.53. The molecular formula is C21H25BrN4O3. The molecule has 0 unspecified atom stereocenters. The van der Waals surface area contributed by atoms with Crippen LogP contribution in [0.3, 0.4) is 0 Å². The number of carbonyl (C=O) groups is 1. The van der Waals surface area contributed by atoms with Gasteiger partial charge >= 0.3 is 5.97 Å². The van der Waals surface area contributed by atoms with Gasteiger partial charge in [0.15, 0.2) is 0 Å². The van der Waals surface area contributed by atoms with Gasteiger partial charge in [-0.1, -0.05) is 5.16 Å². The number of hydrogen-bond donors (Lipinski definition) is 1. The number of nitrogens with two attached hydrogens (primary N) is 1. The van der Waals surface area contributed by atoms with Crippen LogP contribution >= 0.6 is 15.9 Å². The minimum absolute atomic E-state index is 0.0293. The molecule has 2 bridgehead atoms. The highest BCUT2D eigenvalue weighted by Gasteiger charge is 2.55. The maximum atomic E-state index is 13.1. The van der Waals surface area contributed by atoms with Crippen molar-refractivity contribution < 1.29 is 9.63 Å². The Morgan fingerprint density at radius 3 is 2.45 bits per heavy atom. The molecule has 0 spiro atoms. The van der Waals surface area contributed by atoms with Gasteiger partial charge in [-0.25, -0.2) is 9.78 Å². The molecule has 3 aliphatic carbocycles. The van der Waals surface area contributed by atoms with Crippen molar-refractivity contribution >= 4 is 38.6 Å². The normalized spacial score (nSPS) is 26.7. The Morgan fingerprint density at radius 1 is 1.24 bits per heavy atom. The van der Waals surface area contributed by atoms with Crippen LogP contribution in [0.1, 0.15) is 56.8 Å². The van der Waals surface area contributed by atoms with E-state index >= 15 is 0 Å². The summed E-state index contributed by atoms with van der Waals surface area (Å²) in [6, 6.07) is 3.87. The predicted molar refractivity (Wildman–Crippen MR) is 115 cm³/mol. The van der Waals surface area contributed by atoms with Gasteiger partial charge in [-0.15, -0.1) is 0 Å². The van der Waals surface area contributed by atoms with E-state index < -0.39 is 5.41 Å². The molecule has 1 heterocycles. The second kappa shape index (κ2) is 6.93. The number of amidine groups is 1. The number of oxime groups is 1. The largest absolute Gasteiger partial charge is 0.385 e. The van der Waals surface area contributed by atoms with E-state index in [9.17, 15) is 9.59 Å². The van der Waals surface area contributed by atoms with Crippen molar-refractivity contribution in [2.75, 3.05) is 0 Å². The fourth-order valence-electron chi connectivity index (χ4n) is 4.98. The van der Waals surface area contributed by atoms with Gasteiger partial charge in [0.2, 0.25) is 0 Å². The maximum Gasteiger partial charge on any atom is 0.341 e. The molecule has 2 aromatic rings. The second-order valence-electron chi connectivity index (χ2n) is 8.61. The van der Waals surface area contributed by atoms with E-state index in [1.54, 1.807) is 18.5 Å². The fraction of sp³-hybridized carbons (Fsp3) is 0.524. The molecule has 1 aromatic carbocycles. The topological polar surface area (TPSA) is 99.6 Å². The van der Waals surface area contributed by atoms with E-state index in [2.05, 4.69) is 21.1 Å². The van der Waals surface area contributed by atoms with E-state index in [0.29, 0.717) is 30.2 Å². The number of hydrogen-bond acceptors (Lipinski definition) is 5. The molecule has 0 saturated heterocycles. The SMILES string of the molecule is C/C(N)=N/OC(=O)C12CCC(c3nc4c(Br)cc(C)cc4c(=O)n3C)(CC1)CC2. The van der Waals surface area contributed by atoms with Crippen molar-refractivity contribution in [3.63, 3.8) is 0 Å². The average molecular weight is 461 g/mol. The molecule has 3 fully saturated rings. The lowest BCUT2D eigenvalue weighted by molar-refractivity contribution is -0.163. The van der Waals surface area contributed by atoms with Gasteiger partial charge < -0.3 is 10.6 Å². The molecule has 0 radical (unpaired) electrons. The van der Waals surface area contributed by atoms with Crippen LogP contribution in [0.15, 0.2) is 26.6 Å². The van der Waals surface area contributed by atoms with Crippen LogP contribution in [-0.4, -0.2) is 21.4 Å². The number of nitrogens with zero attached hydrogens (tertiary/aromatic N) is 3. The standard InChI is InChI=1S/C21H25BrN4O3/c1-12-10-14-16(15(22)11-12)24-18(26(3)17(14)27)20-4-7-21(8-5-20,9-6-20)19(28)29-25-13(2)23/h10-11H,4-9H2,1-3H3,(H2,23,25). The minimum Gasteiger partial charge on any atom is -0.385 e. The van der Waals surface area contributed by atoms with E-state index in [1.165, 1.54) is 0 Å². The summed E-state index contributed by atoms with van der Waals surface area (Å²) in [5, 5.41) is 4.27. The van der Waals surface area contributed by atoms with Crippen molar-refractivity contribution in [3.05, 3.63) is 38.3 Å². The van der Waals surface area contributed by atoms with Crippen LogP contribution in [0.4, 0.5) is 0 Å². The highest BCUT2D eigenvalue weighted by molar-refractivity contribution is 9.10. The Balaban J connectivity index is 1.71. The van der Waals surface area contributed by atoms with Gasteiger partial charge in [0, 0.05) is 16.9 Å². The van der Waals surface area contributed by atoms with Crippen LogP contribution in [0.25, 0.3) is 10.9 Å². The average Bonchev–Trinajstić information content (AvgIpc) is 2.70. The zero-order chi connectivity index (χ0) is 21.0. The van der Waals surface area contributed by atoms with Gasteiger partial charge in [0.1, 0.15) is 11.7 Å². The summed E-state index contributed by atoms with van der Waals surface area (Å²) >= 11 is 3.58. The van der Waals surface area contributed by atoms with Crippen LogP contribution in [0, 0.1) is 12.3 Å². The molecule has 1 aromatic heterocycles. The second-order valence-corrected chi connectivity index (χ2v) is 9.47. The van der Waals surface area contributed by atoms with E-state index in [1.807, 2.05) is 19.1 Å². The van der Waals surface area contributed by atoms with Gasteiger partial charge in [0.25, 0.3) is 5.56 Å². The first-order valence-electron chi connectivity index (χ1n) is 9.86. The highest BCUT2D eigenvalue weighted by atomic mass is 79.9. The minimum atomic E-state index is -0.506. The monoisotopic (exact) mass is 460 g/mol. The molecule has 2 N–H and O–H groups in total. The molecule has 154 valence electrons. The van der Waals surface area contributed by atoms with Crippen molar-refractivity contribution in [2.45, 2.75) is 57.8 Å². The number of rotatable bonds is 3. The fourth-order valence-corrected chi connectivity index (χ4v) is 5.64. The smallest absolute Gasteiger partial charge is 0.341 e. The van der Waals surface area contributed by atoms with E-state index in [4.69, 9.17) is 15.6 Å². The first-order chi connectivity index (χ1) is 13.7. The molecule has 7 nitrogen and oxygen atoms in total. The zero-order valence-electron chi connectivity index (χ0n) is 16.9. The van der Waals surface area contributed by atoms with E-state index in [-0.39, 0.29) is 22.8 Å². The Kier molecular flexibility index (Phi) is 4.80. The lowest BCUT2D eigenvalue weighted by Crippen LogP contribution is -2.50. The van der Waals surface area contributed by atoms with Crippen molar-refractivity contribution in [3.8, 4) is 0 Å². The van der Waals surface area contributed by atoms with Crippen molar-refractivity contribution in [2.24, 2.45) is 23.4 Å². The molecule has 0 amide bonds. The Hall–Kier alpha value is -2.22. The number of fused-ring (bicyclic) bond motifs is 4. The zero-order valence-corrected chi connectivity index (χ0v) is 18.5. The molecule has 5 rings (SSSR count). The summed E-state index contributed by atoms with van der Waals surface area (Å²) in [5.74, 6) is 0.748. The third-order valence-electron chi connectivity index (χ3n) is 6.70. The number of aromatic nitrogens is 2. The van der Waals surface area contributed by atoms with Crippen LogP contribution in [0.5, 0.6) is 0 Å². The lowest BCUT2D eigenvalue weighted by Gasteiger charge is -2.51. The quantitative estimate of drug-likeness (QED) is 0.327. The van der Waals surface area contributed by atoms with Crippen molar-refractivity contribution in [1.82, 2.24) is 9.55 Å². The number of benzene rings is 1. The molecule has 0 atom stereocenters. The van der Waals surface area contributed by atoms with Gasteiger partial charge in [-0.05, 0) is 86.0 Å².